The molecule has 0 saturated heterocycles. The number of thioether (sulfide) groups is 1. The van der Waals surface area contributed by atoms with Crippen molar-refractivity contribution in [1.82, 2.24) is 9.55 Å². The van der Waals surface area contributed by atoms with Crippen LogP contribution in [0.2, 0.25) is 0 Å². The zero-order valence-corrected chi connectivity index (χ0v) is 18.9. The van der Waals surface area contributed by atoms with Gasteiger partial charge in [-0.2, -0.15) is 0 Å². The summed E-state index contributed by atoms with van der Waals surface area (Å²) >= 11 is 1.24. The molecule has 3 aromatic carbocycles. The van der Waals surface area contributed by atoms with Crippen LogP contribution in [0.25, 0.3) is 16.6 Å². The summed E-state index contributed by atoms with van der Waals surface area (Å²) in [5.41, 5.74) is 2.77. The SMILES string of the molecule is Cc1cccc(-n2c(S[C@@H](C)C(=O)Nc3ccc4c(c3)OCO4)nc3ccccc3c2=O)c1. The average Bonchev–Trinajstić information content (AvgIpc) is 3.27. The Kier molecular flexibility index (Phi) is 5.51. The lowest BCUT2D eigenvalue weighted by atomic mass is 10.2. The number of nitrogens with one attached hydrogen (secondary N) is 1. The quantitative estimate of drug-likeness (QED) is 0.349. The highest BCUT2D eigenvalue weighted by Gasteiger charge is 2.21. The Bertz CT molecular complexity index is 1430. The van der Waals surface area contributed by atoms with E-state index in [1.54, 1.807) is 41.8 Å². The number of amides is 1. The molecule has 5 rings (SSSR count). The van der Waals surface area contributed by atoms with Gasteiger partial charge in [-0.1, -0.05) is 36.0 Å². The normalized spacial score (nSPS) is 13.2. The molecular formula is C25H21N3O4S. The maximum absolute atomic E-state index is 13.4. The Hall–Kier alpha value is -3.78. The van der Waals surface area contributed by atoms with Gasteiger partial charge in [-0.05, 0) is 55.8 Å². The molecule has 1 N–H and O–H groups in total. The monoisotopic (exact) mass is 459 g/mol. The Morgan fingerprint density at radius 3 is 2.73 bits per heavy atom. The van der Waals surface area contributed by atoms with Gasteiger partial charge in [0.15, 0.2) is 16.7 Å². The molecule has 1 atom stereocenters. The maximum Gasteiger partial charge on any atom is 0.266 e. The third kappa shape index (κ3) is 4.17. The van der Waals surface area contributed by atoms with Crippen molar-refractivity contribution in [2.75, 3.05) is 12.1 Å². The fourth-order valence-electron chi connectivity index (χ4n) is 3.62. The second-order valence-electron chi connectivity index (χ2n) is 7.71. The van der Waals surface area contributed by atoms with Gasteiger partial charge >= 0.3 is 0 Å². The number of carbonyl (C=O) groups excluding carboxylic acids is 1. The van der Waals surface area contributed by atoms with E-state index in [1.165, 1.54) is 11.8 Å². The van der Waals surface area contributed by atoms with Crippen LogP contribution in [0.15, 0.2) is 76.7 Å². The van der Waals surface area contributed by atoms with Gasteiger partial charge in [-0.3, -0.25) is 14.2 Å². The molecule has 2 heterocycles. The zero-order valence-electron chi connectivity index (χ0n) is 18.1. The number of nitrogens with zero attached hydrogens (tertiary/aromatic N) is 2. The van der Waals surface area contributed by atoms with E-state index in [1.807, 2.05) is 43.3 Å². The Labute approximate surface area is 194 Å². The summed E-state index contributed by atoms with van der Waals surface area (Å²) in [6.07, 6.45) is 0. The molecule has 0 saturated carbocycles. The van der Waals surface area contributed by atoms with Crippen LogP contribution < -0.4 is 20.3 Å². The fraction of sp³-hybridized carbons (Fsp3) is 0.160. The number of hydrogen-bond acceptors (Lipinski definition) is 6. The van der Waals surface area contributed by atoms with Crippen LogP contribution in [0.4, 0.5) is 5.69 Å². The number of fused-ring (bicyclic) bond motifs is 2. The van der Waals surface area contributed by atoms with Gasteiger partial charge in [0, 0.05) is 11.8 Å². The predicted octanol–water partition coefficient (Wildman–Crippen LogP) is 4.54. The largest absolute Gasteiger partial charge is 0.454 e. The van der Waals surface area contributed by atoms with Gasteiger partial charge in [-0.25, -0.2) is 4.98 Å². The Morgan fingerprint density at radius 1 is 1.06 bits per heavy atom. The minimum Gasteiger partial charge on any atom is -0.454 e. The fourth-order valence-corrected chi connectivity index (χ4v) is 4.54. The first-order valence-corrected chi connectivity index (χ1v) is 11.3. The second kappa shape index (κ2) is 8.63. The van der Waals surface area contributed by atoms with E-state index in [0.717, 1.165) is 5.56 Å². The van der Waals surface area contributed by atoms with Crippen molar-refractivity contribution in [3.8, 4) is 17.2 Å². The molecule has 1 aromatic heterocycles. The summed E-state index contributed by atoms with van der Waals surface area (Å²) in [6, 6.07) is 20.2. The van der Waals surface area contributed by atoms with E-state index in [-0.39, 0.29) is 18.3 Å². The van der Waals surface area contributed by atoms with E-state index in [9.17, 15) is 9.59 Å². The minimum absolute atomic E-state index is 0.169. The number of anilines is 1. The van der Waals surface area contributed by atoms with Crippen LogP contribution in [0.1, 0.15) is 12.5 Å². The number of carbonyl (C=O) groups is 1. The zero-order chi connectivity index (χ0) is 22.9. The van der Waals surface area contributed by atoms with E-state index >= 15 is 0 Å². The van der Waals surface area contributed by atoms with E-state index in [4.69, 9.17) is 14.5 Å². The second-order valence-corrected chi connectivity index (χ2v) is 9.02. The molecule has 0 aliphatic carbocycles. The van der Waals surface area contributed by atoms with Crippen molar-refractivity contribution in [2.45, 2.75) is 24.3 Å². The lowest BCUT2D eigenvalue weighted by molar-refractivity contribution is -0.115. The van der Waals surface area contributed by atoms with Crippen LogP contribution in [0, 0.1) is 6.92 Å². The average molecular weight is 460 g/mol. The lowest BCUT2D eigenvalue weighted by Crippen LogP contribution is -2.26. The smallest absolute Gasteiger partial charge is 0.266 e. The first kappa shape index (κ1) is 21.1. The molecule has 7 nitrogen and oxygen atoms in total. The predicted molar refractivity (Wildman–Crippen MR) is 129 cm³/mol. The molecule has 8 heteroatoms. The summed E-state index contributed by atoms with van der Waals surface area (Å²) < 4.78 is 12.3. The standard InChI is InChI=1S/C25H21N3O4S/c1-15-6-5-7-18(12-15)28-24(30)19-8-3-4-9-20(19)27-25(28)33-16(2)23(29)26-17-10-11-21-22(13-17)32-14-31-21/h3-13,16H,14H2,1-2H3,(H,26,29)/t16-/m0/s1. The number of rotatable bonds is 5. The highest BCUT2D eigenvalue weighted by Crippen LogP contribution is 2.34. The molecule has 33 heavy (non-hydrogen) atoms. The number of para-hydroxylation sites is 1. The highest BCUT2D eigenvalue weighted by atomic mass is 32.2. The third-order valence-electron chi connectivity index (χ3n) is 5.30. The summed E-state index contributed by atoms with van der Waals surface area (Å²) in [7, 11) is 0. The summed E-state index contributed by atoms with van der Waals surface area (Å²) in [4.78, 5) is 31.1. The number of aryl methyl sites for hydroxylation is 1. The van der Waals surface area contributed by atoms with Crippen LogP contribution in [-0.2, 0) is 4.79 Å². The van der Waals surface area contributed by atoms with Crippen molar-refractivity contribution in [1.29, 1.82) is 0 Å². The number of ether oxygens (including phenoxy) is 2. The molecule has 0 radical (unpaired) electrons. The first-order chi connectivity index (χ1) is 16.0. The highest BCUT2D eigenvalue weighted by molar-refractivity contribution is 8.00. The molecule has 0 fully saturated rings. The molecule has 0 spiro atoms. The van der Waals surface area contributed by atoms with Crippen molar-refractivity contribution in [3.63, 3.8) is 0 Å². The van der Waals surface area contributed by atoms with Crippen molar-refractivity contribution >= 4 is 34.3 Å². The van der Waals surface area contributed by atoms with Gasteiger partial charge in [0.05, 0.1) is 21.8 Å². The topological polar surface area (TPSA) is 82.5 Å². The first-order valence-electron chi connectivity index (χ1n) is 10.5. The summed E-state index contributed by atoms with van der Waals surface area (Å²) in [6.45, 7) is 3.93. The molecule has 0 unspecified atom stereocenters. The van der Waals surface area contributed by atoms with Gasteiger partial charge in [0.1, 0.15) is 0 Å². The molecule has 1 aliphatic heterocycles. The van der Waals surface area contributed by atoms with E-state index in [0.29, 0.717) is 38.9 Å². The lowest BCUT2D eigenvalue weighted by Gasteiger charge is -2.17. The molecule has 4 aromatic rings. The van der Waals surface area contributed by atoms with Crippen molar-refractivity contribution in [2.24, 2.45) is 0 Å². The molecule has 166 valence electrons. The van der Waals surface area contributed by atoms with Crippen molar-refractivity contribution < 1.29 is 14.3 Å². The van der Waals surface area contributed by atoms with Gasteiger partial charge in [-0.15, -0.1) is 0 Å². The van der Waals surface area contributed by atoms with Gasteiger partial charge in [0.2, 0.25) is 12.7 Å². The van der Waals surface area contributed by atoms with E-state index in [2.05, 4.69) is 5.32 Å². The summed E-state index contributed by atoms with van der Waals surface area (Å²) in [5, 5.41) is 3.37. The maximum atomic E-state index is 13.4. The Morgan fingerprint density at radius 2 is 1.88 bits per heavy atom. The van der Waals surface area contributed by atoms with Crippen LogP contribution in [0.5, 0.6) is 11.5 Å². The molecular weight excluding hydrogens is 438 g/mol. The number of aromatic nitrogens is 2. The summed E-state index contributed by atoms with van der Waals surface area (Å²) in [5.74, 6) is 1.03. The van der Waals surface area contributed by atoms with Gasteiger partial charge < -0.3 is 14.8 Å². The van der Waals surface area contributed by atoms with Crippen LogP contribution in [0.3, 0.4) is 0 Å². The van der Waals surface area contributed by atoms with Crippen LogP contribution >= 0.6 is 11.8 Å². The van der Waals surface area contributed by atoms with E-state index < -0.39 is 5.25 Å². The van der Waals surface area contributed by atoms with Crippen LogP contribution in [-0.4, -0.2) is 27.5 Å². The molecule has 1 amide bonds. The molecule has 0 bridgehead atoms. The molecule has 1 aliphatic rings. The third-order valence-corrected chi connectivity index (χ3v) is 6.35. The van der Waals surface area contributed by atoms with Gasteiger partial charge in [0.25, 0.3) is 5.56 Å². The Balaban J connectivity index is 1.48. The van der Waals surface area contributed by atoms with Crippen molar-refractivity contribution in [3.05, 3.63) is 82.6 Å². The number of benzene rings is 3. The minimum atomic E-state index is -0.514. The number of hydrogen-bond donors (Lipinski definition) is 1.